The minimum Gasteiger partial charge on any atom is -0.390 e. The van der Waals surface area contributed by atoms with Gasteiger partial charge < -0.3 is 20.7 Å². The molecular weight excluding hydrogens is 417 g/mol. The number of anilines is 1. The third-order valence-corrected chi connectivity index (χ3v) is 6.30. The van der Waals surface area contributed by atoms with E-state index < -0.39 is 5.60 Å². The van der Waals surface area contributed by atoms with Crippen LogP contribution in [0.3, 0.4) is 0 Å². The number of piperidine rings is 1. The van der Waals surface area contributed by atoms with Crippen molar-refractivity contribution in [2.45, 2.75) is 89.9 Å². The Morgan fingerprint density at radius 2 is 1.88 bits per heavy atom. The van der Waals surface area contributed by atoms with Gasteiger partial charge in [-0.2, -0.15) is 0 Å². The molecule has 4 rings (SSSR count). The Kier molecular flexibility index (Phi) is 5.99. The molecule has 0 radical (unpaired) electrons. The van der Waals surface area contributed by atoms with Crippen molar-refractivity contribution in [3.05, 3.63) is 42.0 Å². The van der Waals surface area contributed by atoms with Gasteiger partial charge in [-0.1, -0.05) is 0 Å². The van der Waals surface area contributed by atoms with Gasteiger partial charge in [-0.25, -0.2) is 14.4 Å². The Morgan fingerprint density at radius 3 is 2.55 bits per heavy atom. The van der Waals surface area contributed by atoms with Crippen molar-refractivity contribution in [2.75, 3.05) is 5.32 Å². The molecule has 0 spiro atoms. The zero-order chi connectivity index (χ0) is 24.0. The second-order valence-electron chi connectivity index (χ2n) is 11.4. The van der Waals surface area contributed by atoms with Gasteiger partial charge in [0, 0.05) is 46.0 Å². The van der Waals surface area contributed by atoms with Crippen molar-refractivity contribution in [3.63, 3.8) is 0 Å². The Morgan fingerprint density at radius 1 is 1.18 bits per heavy atom. The van der Waals surface area contributed by atoms with Gasteiger partial charge in [0.2, 0.25) is 5.95 Å². The number of aliphatic hydroxyl groups is 1. The normalized spacial score (nSPS) is 18.5. The van der Waals surface area contributed by atoms with Crippen molar-refractivity contribution >= 4 is 16.9 Å². The molecule has 0 amide bonds. The second kappa shape index (κ2) is 8.37. The number of aryl methyl sites for hydroxylation is 1. The van der Waals surface area contributed by atoms with E-state index in [0.717, 1.165) is 40.6 Å². The minimum absolute atomic E-state index is 0.0188. The number of rotatable bonds is 6. The maximum absolute atomic E-state index is 14.5. The lowest BCUT2D eigenvalue weighted by Gasteiger charge is -2.46. The Balaban J connectivity index is 1.62. The summed E-state index contributed by atoms with van der Waals surface area (Å²) >= 11 is 0. The van der Waals surface area contributed by atoms with E-state index in [-0.39, 0.29) is 22.9 Å². The summed E-state index contributed by atoms with van der Waals surface area (Å²) in [4.78, 5) is 12.5. The molecule has 0 saturated carbocycles. The van der Waals surface area contributed by atoms with E-state index in [1.165, 1.54) is 0 Å². The first-order chi connectivity index (χ1) is 15.3. The highest BCUT2D eigenvalue weighted by atomic mass is 19.1. The highest BCUT2D eigenvalue weighted by Gasteiger charge is 2.37. The fourth-order valence-corrected chi connectivity index (χ4v) is 5.30. The van der Waals surface area contributed by atoms with Crippen molar-refractivity contribution in [2.24, 2.45) is 0 Å². The number of halogens is 1. The number of H-pyrrole nitrogens is 1. The number of aromatic amines is 1. The first-order valence-corrected chi connectivity index (χ1v) is 11.7. The Bertz CT molecular complexity index is 1130. The molecule has 178 valence electrons. The summed E-state index contributed by atoms with van der Waals surface area (Å²) in [6, 6.07) is 5.19. The summed E-state index contributed by atoms with van der Waals surface area (Å²) in [6.45, 7) is 12.4. The first-order valence-electron chi connectivity index (χ1n) is 11.7. The minimum atomic E-state index is -0.806. The SMILES string of the molecule is CC(C)(O)CCc1cc(F)cc2c(-c3ccnc(NC4CC(C)(C)NC(C)(C)C4)n3)c[nH]c12. The molecule has 1 saturated heterocycles. The van der Waals surface area contributed by atoms with E-state index in [2.05, 4.69) is 48.3 Å². The summed E-state index contributed by atoms with van der Waals surface area (Å²) < 4.78 is 14.5. The van der Waals surface area contributed by atoms with Crippen LogP contribution in [0.1, 0.15) is 66.4 Å². The van der Waals surface area contributed by atoms with Gasteiger partial charge in [-0.3, -0.25) is 0 Å². The van der Waals surface area contributed by atoms with Gasteiger partial charge >= 0.3 is 0 Å². The monoisotopic (exact) mass is 453 g/mol. The predicted octanol–water partition coefficient (Wildman–Crippen LogP) is 5.19. The highest BCUT2D eigenvalue weighted by molar-refractivity contribution is 5.96. The third kappa shape index (κ3) is 5.71. The maximum Gasteiger partial charge on any atom is 0.223 e. The summed E-state index contributed by atoms with van der Waals surface area (Å²) in [5.74, 6) is 0.291. The average Bonchev–Trinajstić information content (AvgIpc) is 3.07. The van der Waals surface area contributed by atoms with Crippen LogP contribution in [0.25, 0.3) is 22.2 Å². The Labute approximate surface area is 195 Å². The lowest BCUT2D eigenvalue weighted by molar-refractivity contribution is 0.0714. The number of hydrogen-bond acceptors (Lipinski definition) is 5. The van der Waals surface area contributed by atoms with Gasteiger partial charge in [0.25, 0.3) is 0 Å². The molecule has 1 aliphatic rings. The predicted molar refractivity (Wildman–Crippen MR) is 132 cm³/mol. The molecule has 0 unspecified atom stereocenters. The van der Waals surface area contributed by atoms with Gasteiger partial charge in [0.05, 0.1) is 11.3 Å². The number of nitrogens with zero attached hydrogens (tertiary/aromatic N) is 2. The fourth-order valence-electron chi connectivity index (χ4n) is 5.30. The van der Waals surface area contributed by atoms with Crippen LogP contribution in [-0.4, -0.2) is 42.8 Å². The summed E-state index contributed by atoms with van der Waals surface area (Å²) in [7, 11) is 0. The molecule has 7 heteroatoms. The van der Waals surface area contributed by atoms with E-state index in [1.54, 1.807) is 32.2 Å². The van der Waals surface area contributed by atoms with Crippen molar-refractivity contribution in [3.8, 4) is 11.3 Å². The largest absolute Gasteiger partial charge is 0.390 e. The van der Waals surface area contributed by atoms with Crippen LogP contribution < -0.4 is 10.6 Å². The van der Waals surface area contributed by atoms with Gasteiger partial charge in [0.1, 0.15) is 5.82 Å². The fraction of sp³-hybridized carbons (Fsp3) is 0.538. The second-order valence-corrected chi connectivity index (χ2v) is 11.4. The van der Waals surface area contributed by atoms with E-state index in [9.17, 15) is 9.50 Å². The van der Waals surface area contributed by atoms with E-state index >= 15 is 0 Å². The van der Waals surface area contributed by atoms with Crippen LogP contribution in [0, 0.1) is 5.82 Å². The molecule has 3 heterocycles. The Hall–Kier alpha value is -2.51. The lowest BCUT2D eigenvalue weighted by atomic mass is 9.80. The summed E-state index contributed by atoms with van der Waals surface area (Å²) in [5, 5.41) is 18.1. The van der Waals surface area contributed by atoms with E-state index in [0.29, 0.717) is 18.8 Å². The molecule has 6 nitrogen and oxygen atoms in total. The number of fused-ring (bicyclic) bond motifs is 1. The number of aromatic nitrogens is 3. The molecule has 1 fully saturated rings. The van der Waals surface area contributed by atoms with Gasteiger partial charge in [-0.15, -0.1) is 0 Å². The highest BCUT2D eigenvalue weighted by Crippen LogP contribution is 2.33. The lowest BCUT2D eigenvalue weighted by Crippen LogP contribution is -2.60. The first kappa shape index (κ1) is 23.6. The molecule has 3 aromatic rings. The zero-order valence-corrected chi connectivity index (χ0v) is 20.5. The summed E-state index contributed by atoms with van der Waals surface area (Å²) in [5.41, 5.74) is 2.54. The van der Waals surface area contributed by atoms with Crippen molar-refractivity contribution in [1.29, 1.82) is 0 Å². The van der Waals surface area contributed by atoms with E-state index in [1.807, 2.05) is 12.3 Å². The van der Waals surface area contributed by atoms with E-state index in [4.69, 9.17) is 4.98 Å². The molecule has 1 aromatic carbocycles. The molecule has 0 bridgehead atoms. The number of hydrogen-bond donors (Lipinski definition) is 4. The van der Waals surface area contributed by atoms with Gasteiger partial charge in [-0.05, 0) is 91.0 Å². The summed E-state index contributed by atoms with van der Waals surface area (Å²) in [6.07, 6.45) is 6.68. The molecular formula is C26H36FN5O. The molecule has 0 aliphatic carbocycles. The number of benzene rings is 1. The maximum atomic E-state index is 14.5. The molecule has 33 heavy (non-hydrogen) atoms. The third-order valence-electron chi connectivity index (χ3n) is 6.30. The van der Waals surface area contributed by atoms with Crippen molar-refractivity contribution < 1.29 is 9.50 Å². The van der Waals surface area contributed by atoms with Crippen LogP contribution in [0.4, 0.5) is 10.3 Å². The number of nitrogens with one attached hydrogen (secondary N) is 3. The van der Waals surface area contributed by atoms with Crippen LogP contribution in [0.2, 0.25) is 0 Å². The molecule has 1 aliphatic heterocycles. The topological polar surface area (TPSA) is 85.9 Å². The molecule has 0 atom stereocenters. The van der Waals surface area contributed by atoms with Gasteiger partial charge in [0.15, 0.2) is 0 Å². The van der Waals surface area contributed by atoms with Crippen LogP contribution in [0.15, 0.2) is 30.6 Å². The zero-order valence-electron chi connectivity index (χ0n) is 20.5. The van der Waals surface area contributed by atoms with Crippen LogP contribution in [-0.2, 0) is 6.42 Å². The standard InChI is InChI=1S/C26H36FN5O/c1-24(2)13-18(14-25(3,4)32-24)30-23-28-10-8-21(31-23)20-15-29-22-16(7-9-26(5,6)33)11-17(27)12-19(20)22/h8,10-12,15,18,29,32-33H,7,9,13-14H2,1-6H3,(H,28,30,31). The quantitative estimate of drug-likeness (QED) is 0.413. The van der Waals surface area contributed by atoms with Crippen LogP contribution >= 0.6 is 0 Å². The molecule has 2 aromatic heterocycles. The average molecular weight is 454 g/mol. The van der Waals surface area contributed by atoms with Crippen LogP contribution in [0.5, 0.6) is 0 Å². The molecule has 4 N–H and O–H groups in total. The van der Waals surface area contributed by atoms with Crippen molar-refractivity contribution in [1.82, 2.24) is 20.3 Å². The smallest absolute Gasteiger partial charge is 0.223 e.